The number of aryl methyl sites for hydroxylation is 1. The van der Waals surface area contributed by atoms with E-state index in [0.29, 0.717) is 34.6 Å². The molecule has 1 unspecified atom stereocenters. The maximum atomic E-state index is 13.0. The summed E-state index contributed by atoms with van der Waals surface area (Å²) in [6.45, 7) is 4.95. The van der Waals surface area contributed by atoms with Gasteiger partial charge in [-0.3, -0.25) is 14.8 Å². The smallest absolute Gasteiger partial charge is 0.251 e. The molecule has 1 N–H and O–H groups in total. The third-order valence-corrected chi connectivity index (χ3v) is 5.84. The summed E-state index contributed by atoms with van der Waals surface area (Å²) in [5.74, 6) is 0.365. The van der Waals surface area contributed by atoms with Crippen LogP contribution in [0.4, 0.5) is 0 Å². The van der Waals surface area contributed by atoms with Gasteiger partial charge in [0.15, 0.2) is 0 Å². The number of carbonyl (C=O) groups excluding carboxylic acids is 1. The molecule has 156 valence electrons. The molecule has 30 heavy (non-hydrogen) atoms. The van der Waals surface area contributed by atoms with Crippen LogP contribution in [0.1, 0.15) is 41.1 Å². The predicted octanol–water partition coefficient (Wildman–Crippen LogP) is 4.22. The van der Waals surface area contributed by atoms with Crippen LogP contribution >= 0.6 is 22.9 Å². The Balaban J connectivity index is 1.59. The lowest BCUT2D eigenvalue weighted by atomic mass is 10.1. The number of nitrogens with zero attached hydrogens (tertiary/aromatic N) is 3. The van der Waals surface area contributed by atoms with E-state index in [-0.39, 0.29) is 18.1 Å². The number of halogens is 1. The molecule has 7 nitrogen and oxygen atoms in total. The number of aromatic nitrogens is 3. The number of hydrogen-bond donors (Lipinski definition) is 1. The second-order valence-electron chi connectivity index (χ2n) is 7.10. The van der Waals surface area contributed by atoms with Gasteiger partial charge in [-0.1, -0.05) is 11.6 Å². The molecule has 9 heteroatoms. The van der Waals surface area contributed by atoms with E-state index >= 15 is 0 Å². The minimum Gasteiger partial charge on any atom is -0.488 e. The van der Waals surface area contributed by atoms with E-state index in [1.807, 2.05) is 19.9 Å². The standard InChI is InChI=1S/C21H21ClN4O3S/c1-12-8-24-18(9-23-12)13(2)26-20(27)14-5-15(21-25-10-19(22)30-21)7-17(6-14)29-16-3-4-28-11-16/h5-10,13,16H,3-4,11H2,1-2H3,(H,26,27)/t13?,16-/m1/s1. The highest BCUT2D eigenvalue weighted by molar-refractivity contribution is 7.18. The normalized spacial score (nSPS) is 17.0. The van der Waals surface area contributed by atoms with E-state index in [9.17, 15) is 4.79 Å². The topological polar surface area (TPSA) is 86.2 Å². The highest BCUT2D eigenvalue weighted by Gasteiger charge is 2.20. The molecular weight excluding hydrogens is 424 g/mol. The van der Waals surface area contributed by atoms with Crippen molar-refractivity contribution in [2.75, 3.05) is 13.2 Å². The maximum Gasteiger partial charge on any atom is 0.251 e. The summed E-state index contributed by atoms with van der Waals surface area (Å²) in [5.41, 5.74) is 2.76. The minimum atomic E-state index is -0.295. The summed E-state index contributed by atoms with van der Waals surface area (Å²) in [4.78, 5) is 25.9. The molecule has 3 aromatic rings. The van der Waals surface area contributed by atoms with Crippen LogP contribution in [0.2, 0.25) is 4.34 Å². The molecule has 0 saturated carbocycles. The van der Waals surface area contributed by atoms with Crippen molar-refractivity contribution in [1.29, 1.82) is 0 Å². The van der Waals surface area contributed by atoms with E-state index in [0.717, 1.165) is 22.7 Å². The predicted molar refractivity (Wildman–Crippen MR) is 115 cm³/mol. The summed E-state index contributed by atoms with van der Waals surface area (Å²) >= 11 is 7.40. The van der Waals surface area contributed by atoms with Crippen molar-refractivity contribution in [2.45, 2.75) is 32.4 Å². The van der Waals surface area contributed by atoms with Crippen LogP contribution in [0.5, 0.6) is 5.75 Å². The van der Waals surface area contributed by atoms with Gasteiger partial charge in [0.1, 0.15) is 21.2 Å². The Morgan fingerprint density at radius 1 is 1.27 bits per heavy atom. The van der Waals surface area contributed by atoms with Crippen molar-refractivity contribution in [3.63, 3.8) is 0 Å². The van der Waals surface area contributed by atoms with Gasteiger partial charge in [-0.15, -0.1) is 11.3 Å². The minimum absolute atomic E-state index is 0.0298. The first-order valence-corrected chi connectivity index (χ1v) is 10.8. The zero-order chi connectivity index (χ0) is 21.1. The third kappa shape index (κ3) is 4.95. The SMILES string of the molecule is Cc1cnc(C(C)NC(=O)c2cc(O[C@@H]3CCOC3)cc(-c3ncc(Cl)s3)c2)cn1. The summed E-state index contributed by atoms with van der Waals surface area (Å²) < 4.78 is 12.0. The lowest BCUT2D eigenvalue weighted by molar-refractivity contribution is 0.0938. The van der Waals surface area contributed by atoms with Crippen LogP contribution in [0.25, 0.3) is 10.6 Å². The molecule has 1 aliphatic heterocycles. The second-order valence-corrected chi connectivity index (χ2v) is 8.76. The molecule has 2 aromatic heterocycles. The fourth-order valence-electron chi connectivity index (χ4n) is 3.09. The fourth-order valence-corrected chi connectivity index (χ4v) is 3.99. The largest absolute Gasteiger partial charge is 0.488 e. The molecule has 0 bridgehead atoms. The Hall–Kier alpha value is -2.55. The average molecular weight is 445 g/mol. The van der Waals surface area contributed by atoms with Gasteiger partial charge in [0.05, 0.1) is 43.0 Å². The number of hydrogen-bond acceptors (Lipinski definition) is 7. The van der Waals surface area contributed by atoms with E-state index in [2.05, 4.69) is 20.3 Å². The summed E-state index contributed by atoms with van der Waals surface area (Å²) in [6, 6.07) is 5.10. The average Bonchev–Trinajstić information content (AvgIpc) is 3.40. The van der Waals surface area contributed by atoms with Crippen molar-refractivity contribution >= 4 is 28.8 Å². The Morgan fingerprint density at radius 2 is 2.13 bits per heavy atom. The Bertz CT molecular complexity index is 1030. The summed E-state index contributed by atoms with van der Waals surface area (Å²) in [5, 5.41) is 3.69. The van der Waals surface area contributed by atoms with Crippen LogP contribution in [0, 0.1) is 6.92 Å². The van der Waals surface area contributed by atoms with Crippen molar-refractivity contribution in [1.82, 2.24) is 20.3 Å². The molecule has 1 aromatic carbocycles. The van der Waals surface area contributed by atoms with Gasteiger partial charge in [-0.2, -0.15) is 0 Å². The second kappa shape index (κ2) is 9.07. The number of benzene rings is 1. The summed E-state index contributed by atoms with van der Waals surface area (Å²) in [7, 11) is 0. The molecule has 1 aliphatic rings. The monoisotopic (exact) mass is 444 g/mol. The lowest BCUT2D eigenvalue weighted by Crippen LogP contribution is -2.27. The molecule has 1 amide bonds. The Kier molecular flexibility index (Phi) is 6.26. The van der Waals surface area contributed by atoms with Crippen molar-refractivity contribution in [2.24, 2.45) is 0 Å². The Morgan fingerprint density at radius 3 is 2.80 bits per heavy atom. The summed E-state index contributed by atoms with van der Waals surface area (Å²) in [6.07, 6.45) is 5.73. The number of carbonyl (C=O) groups is 1. The highest BCUT2D eigenvalue weighted by Crippen LogP contribution is 2.32. The van der Waals surface area contributed by atoms with E-state index < -0.39 is 0 Å². The van der Waals surface area contributed by atoms with Crippen LogP contribution in [-0.2, 0) is 4.74 Å². The van der Waals surface area contributed by atoms with Crippen LogP contribution in [0.15, 0.2) is 36.8 Å². The molecule has 2 atom stereocenters. The van der Waals surface area contributed by atoms with E-state index in [4.69, 9.17) is 21.1 Å². The first-order valence-electron chi connectivity index (χ1n) is 9.58. The van der Waals surface area contributed by atoms with Gasteiger partial charge in [-0.05, 0) is 32.0 Å². The molecule has 1 saturated heterocycles. The van der Waals surface area contributed by atoms with Crippen molar-refractivity contribution < 1.29 is 14.3 Å². The fraction of sp³-hybridized carbons (Fsp3) is 0.333. The zero-order valence-corrected chi connectivity index (χ0v) is 18.2. The first-order chi connectivity index (χ1) is 14.5. The number of amides is 1. The van der Waals surface area contributed by atoms with E-state index in [1.165, 1.54) is 11.3 Å². The van der Waals surface area contributed by atoms with Gasteiger partial charge in [0.25, 0.3) is 5.91 Å². The molecule has 0 spiro atoms. The molecule has 1 fully saturated rings. The lowest BCUT2D eigenvalue weighted by Gasteiger charge is -2.16. The van der Waals surface area contributed by atoms with Gasteiger partial charge in [0, 0.05) is 23.7 Å². The van der Waals surface area contributed by atoms with Crippen LogP contribution < -0.4 is 10.1 Å². The third-order valence-electron chi connectivity index (χ3n) is 4.68. The highest BCUT2D eigenvalue weighted by atomic mass is 35.5. The molecule has 3 heterocycles. The molecule has 0 radical (unpaired) electrons. The van der Waals surface area contributed by atoms with Gasteiger partial charge in [0.2, 0.25) is 0 Å². The number of nitrogens with one attached hydrogen (secondary N) is 1. The first kappa shape index (κ1) is 20.7. The van der Waals surface area contributed by atoms with Gasteiger partial charge < -0.3 is 14.8 Å². The number of rotatable bonds is 6. The van der Waals surface area contributed by atoms with Gasteiger partial charge >= 0.3 is 0 Å². The molecular formula is C21H21ClN4O3S. The molecule has 4 rings (SSSR count). The van der Waals surface area contributed by atoms with Crippen LogP contribution in [-0.4, -0.2) is 40.2 Å². The van der Waals surface area contributed by atoms with Gasteiger partial charge in [-0.25, -0.2) is 4.98 Å². The maximum absolute atomic E-state index is 13.0. The van der Waals surface area contributed by atoms with Crippen molar-refractivity contribution in [3.05, 3.63) is 58.1 Å². The van der Waals surface area contributed by atoms with E-state index in [1.54, 1.807) is 30.7 Å². The number of thiazole rings is 1. The zero-order valence-electron chi connectivity index (χ0n) is 16.6. The van der Waals surface area contributed by atoms with Crippen molar-refractivity contribution in [3.8, 4) is 16.3 Å². The van der Waals surface area contributed by atoms with Crippen LogP contribution in [0.3, 0.4) is 0 Å². The number of ether oxygens (including phenoxy) is 2. The quantitative estimate of drug-likeness (QED) is 0.612. The molecule has 0 aliphatic carbocycles. The Labute approximate surface area is 183 Å².